The minimum absolute atomic E-state index is 0.0788. The van der Waals surface area contributed by atoms with Crippen molar-refractivity contribution in [2.45, 2.75) is 135 Å². The number of hydrogen-bond donors (Lipinski definition) is 0. The fourth-order valence-corrected chi connectivity index (χ4v) is 5.12. The highest BCUT2D eigenvalue weighted by Crippen LogP contribution is 2.41. The molecule has 0 bridgehead atoms. The van der Waals surface area contributed by atoms with Crippen LogP contribution in [0.25, 0.3) is 0 Å². The van der Waals surface area contributed by atoms with Crippen LogP contribution in [0.15, 0.2) is 0 Å². The van der Waals surface area contributed by atoms with E-state index in [1.54, 1.807) is 0 Å². The van der Waals surface area contributed by atoms with Crippen molar-refractivity contribution in [3.63, 3.8) is 0 Å². The van der Waals surface area contributed by atoms with Crippen LogP contribution in [0.1, 0.15) is 123 Å². The van der Waals surface area contributed by atoms with E-state index in [0.29, 0.717) is 19.0 Å². The van der Waals surface area contributed by atoms with Gasteiger partial charge in [-0.3, -0.25) is 0 Å². The number of unbranched alkanes of at least 4 members (excludes halogenated alkanes) is 5. The molecule has 0 unspecified atom stereocenters. The summed E-state index contributed by atoms with van der Waals surface area (Å²) in [6, 6.07) is 2.66. The number of ether oxygens (including phenoxy) is 2. The zero-order valence-electron chi connectivity index (χ0n) is 18.7. The van der Waals surface area contributed by atoms with Gasteiger partial charge in [0.05, 0.1) is 23.7 Å². The van der Waals surface area contributed by atoms with Gasteiger partial charge in [-0.25, -0.2) is 0 Å². The van der Waals surface area contributed by atoms with Gasteiger partial charge in [0.2, 0.25) is 0 Å². The van der Waals surface area contributed by atoms with Gasteiger partial charge < -0.3 is 9.47 Å². The molecule has 162 valence electrons. The van der Waals surface area contributed by atoms with Crippen LogP contribution in [0.2, 0.25) is 0 Å². The maximum atomic E-state index is 9.70. The summed E-state index contributed by atoms with van der Waals surface area (Å²) < 4.78 is 12.1. The fourth-order valence-electron chi connectivity index (χ4n) is 5.12. The van der Waals surface area contributed by atoms with Gasteiger partial charge in [-0.05, 0) is 63.7 Å². The molecule has 2 aliphatic rings. The van der Waals surface area contributed by atoms with Crippen molar-refractivity contribution >= 4 is 0 Å². The second kappa shape index (κ2) is 13.6. The Hall–Kier alpha value is -0.590. The third-order valence-corrected chi connectivity index (χ3v) is 7.25. The standard InChI is InChI=1S/C25H45NO2/c1-3-5-7-9-17-25(20-26)18-15-24(16-19-25)28-21-27-23-13-11-22(12-14-23)10-8-6-4-2/h22-24H,3-19,21H2,1-2H3. The number of rotatable bonds is 13. The zero-order valence-corrected chi connectivity index (χ0v) is 18.7. The van der Waals surface area contributed by atoms with Gasteiger partial charge in [0.1, 0.15) is 6.79 Å². The topological polar surface area (TPSA) is 42.2 Å². The molecule has 0 aromatic carbocycles. The first kappa shape index (κ1) is 23.7. The minimum atomic E-state index is -0.0788. The highest BCUT2D eigenvalue weighted by Gasteiger charge is 2.35. The summed E-state index contributed by atoms with van der Waals surface area (Å²) >= 11 is 0. The Bertz CT molecular complexity index is 428. The van der Waals surface area contributed by atoms with Crippen LogP contribution in [0.5, 0.6) is 0 Å². The molecule has 0 aliphatic heterocycles. The van der Waals surface area contributed by atoms with Crippen molar-refractivity contribution < 1.29 is 9.47 Å². The Labute approximate surface area is 174 Å². The predicted octanol–water partition coefficient (Wildman–Crippen LogP) is 7.54. The van der Waals surface area contributed by atoms with E-state index in [2.05, 4.69) is 19.9 Å². The van der Waals surface area contributed by atoms with Crippen molar-refractivity contribution in [2.24, 2.45) is 11.3 Å². The Morgan fingerprint density at radius 3 is 2.00 bits per heavy atom. The lowest BCUT2D eigenvalue weighted by molar-refractivity contribution is -0.137. The van der Waals surface area contributed by atoms with Gasteiger partial charge in [-0.15, -0.1) is 0 Å². The lowest BCUT2D eigenvalue weighted by atomic mass is 9.71. The molecule has 0 radical (unpaired) electrons. The van der Waals surface area contributed by atoms with Crippen LogP contribution >= 0.6 is 0 Å². The molecule has 0 heterocycles. The average molecular weight is 392 g/mol. The summed E-state index contributed by atoms with van der Waals surface area (Å²) in [7, 11) is 0. The van der Waals surface area contributed by atoms with Gasteiger partial charge in [-0.2, -0.15) is 5.26 Å². The Morgan fingerprint density at radius 2 is 1.39 bits per heavy atom. The third-order valence-electron chi connectivity index (χ3n) is 7.25. The van der Waals surface area contributed by atoms with Crippen molar-refractivity contribution in [1.82, 2.24) is 0 Å². The number of nitrogens with zero attached hydrogens (tertiary/aromatic N) is 1. The van der Waals surface area contributed by atoms with Crippen LogP contribution in [0, 0.1) is 22.7 Å². The second-order valence-electron chi connectivity index (χ2n) is 9.49. The maximum absolute atomic E-state index is 9.70. The molecule has 0 amide bonds. The molecule has 0 atom stereocenters. The molecule has 3 nitrogen and oxygen atoms in total. The Kier molecular flexibility index (Phi) is 11.5. The normalized spacial score (nSPS) is 30.8. The molecule has 0 aromatic rings. The summed E-state index contributed by atoms with van der Waals surface area (Å²) in [5.41, 5.74) is -0.0788. The van der Waals surface area contributed by atoms with Crippen molar-refractivity contribution in [2.75, 3.05) is 6.79 Å². The van der Waals surface area contributed by atoms with Crippen molar-refractivity contribution in [3.05, 3.63) is 0 Å². The van der Waals surface area contributed by atoms with Crippen LogP contribution < -0.4 is 0 Å². The summed E-state index contributed by atoms with van der Waals surface area (Å²) in [6.45, 7) is 4.97. The molecule has 3 heteroatoms. The summed E-state index contributed by atoms with van der Waals surface area (Å²) in [4.78, 5) is 0. The smallest absolute Gasteiger partial charge is 0.147 e. The molecule has 2 fully saturated rings. The van der Waals surface area contributed by atoms with Gasteiger partial charge >= 0.3 is 0 Å². The van der Waals surface area contributed by atoms with E-state index in [4.69, 9.17) is 9.47 Å². The molecule has 2 aliphatic carbocycles. The van der Waals surface area contributed by atoms with E-state index < -0.39 is 0 Å². The summed E-state index contributed by atoms with van der Waals surface area (Å²) in [5.74, 6) is 0.932. The summed E-state index contributed by atoms with van der Waals surface area (Å²) in [6.07, 6.45) is 21.5. The zero-order chi connectivity index (χ0) is 20.1. The van der Waals surface area contributed by atoms with E-state index >= 15 is 0 Å². The molecule has 2 rings (SSSR count). The minimum Gasteiger partial charge on any atom is -0.352 e. The van der Waals surface area contributed by atoms with Crippen molar-refractivity contribution in [3.8, 4) is 6.07 Å². The monoisotopic (exact) mass is 391 g/mol. The third kappa shape index (κ3) is 8.42. The molecular weight excluding hydrogens is 346 g/mol. The maximum Gasteiger partial charge on any atom is 0.147 e. The quantitative estimate of drug-likeness (QED) is 0.240. The molecule has 2 saturated carbocycles. The number of nitriles is 1. The highest BCUT2D eigenvalue weighted by atomic mass is 16.7. The first-order chi connectivity index (χ1) is 13.7. The van der Waals surface area contributed by atoms with E-state index in [-0.39, 0.29) is 5.41 Å². The Morgan fingerprint density at radius 1 is 0.786 bits per heavy atom. The van der Waals surface area contributed by atoms with Crippen LogP contribution in [-0.4, -0.2) is 19.0 Å². The number of hydrogen-bond acceptors (Lipinski definition) is 3. The summed E-state index contributed by atoms with van der Waals surface area (Å²) in [5, 5.41) is 9.70. The SMILES string of the molecule is CCCCCCC1(C#N)CCC(OCOC2CCC(CCCCC)CC2)CC1. The molecule has 0 aromatic heterocycles. The van der Waals surface area contributed by atoms with E-state index in [1.807, 2.05) is 0 Å². The predicted molar refractivity (Wildman–Crippen MR) is 116 cm³/mol. The van der Waals surface area contributed by atoms with E-state index in [0.717, 1.165) is 38.0 Å². The van der Waals surface area contributed by atoms with Gasteiger partial charge in [0.25, 0.3) is 0 Å². The second-order valence-corrected chi connectivity index (χ2v) is 9.49. The van der Waals surface area contributed by atoms with Crippen molar-refractivity contribution in [1.29, 1.82) is 5.26 Å². The molecule has 0 saturated heterocycles. The molecule has 0 spiro atoms. The fraction of sp³-hybridized carbons (Fsp3) is 0.960. The lowest BCUT2D eigenvalue weighted by Gasteiger charge is -2.35. The lowest BCUT2D eigenvalue weighted by Crippen LogP contribution is -2.31. The molecular formula is C25H45NO2. The van der Waals surface area contributed by atoms with Gasteiger partial charge in [0.15, 0.2) is 0 Å². The molecule has 28 heavy (non-hydrogen) atoms. The van der Waals surface area contributed by atoms with E-state index in [1.165, 1.54) is 77.0 Å². The first-order valence-electron chi connectivity index (χ1n) is 12.4. The van der Waals surface area contributed by atoms with Gasteiger partial charge in [0, 0.05) is 0 Å². The van der Waals surface area contributed by atoms with E-state index in [9.17, 15) is 5.26 Å². The highest BCUT2D eigenvalue weighted by molar-refractivity contribution is 5.01. The Balaban J connectivity index is 1.55. The van der Waals surface area contributed by atoms with Crippen LogP contribution in [0.3, 0.4) is 0 Å². The van der Waals surface area contributed by atoms with Crippen LogP contribution in [-0.2, 0) is 9.47 Å². The van der Waals surface area contributed by atoms with Gasteiger partial charge in [-0.1, -0.05) is 65.2 Å². The largest absolute Gasteiger partial charge is 0.352 e. The first-order valence-corrected chi connectivity index (χ1v) is 12.4. The van der Waals surface area contributed by atoms with Crippen LogP contribution in [0.4, 0.5) is 0 Å². The average Bonchev–Trinajstić information content (AvgIpc) is 2.74. The molecule has 0 N–H and O–H groups in total.